The Hall–Kier alpha value is -0.0469. The molecular formula is C23H28BiCl4N2. The van der Waals surface area contributed by atoms with Crippen LogP contribution in [0.4, 0.5) is 0 Å². The Morgan fingerprint density at radius 3 is 1.93 bits per heavy atom. The van der Waals surface area contributed by atoms with Crippen molar-refractivity contribution in [3.8, 4) is 0 Å². The summed E-state index contributed by atoms with van der Waals surface area (Å²) in [6.07, 6.45) is 6.63. The first kappa shape index (κ1) is 24.6. The van der Waals surface area contributed by atoms with Crippen LogP contribution in [-0.4, -0.2) is 48.2 Å². The fourth-order valence-corrected chi connectivity index (χ4v) is 18.0. The molecule has 163 valence electrons. The van der Waals surface area contributed by atoms with Gasteiger partial charge in [0.05, 0.1) is 5.84 Å². The Kier molecular flexibility index (Phi) is 9.18. The molecular weight excluding hydrogens is 655 g/mol. The van der Waals surface area contributed by atoms with Gasteiger partial charge in [-0.3, -0.25) is 4.99 Å². The van der Waals surface area contributed by atoms with Crippen LogP contribution in [0.15, 0.2) is 41.4 Å². The van der Waals surface area contributed by atoms with Crippen molar-refractivity contribution < 1.29 is 0 Å². The van der Waals surface area contributed by atoms with Gasteiger partial charge >= 0.3 is 136 Å². The van der Waals surface area contributed by atoms with Crippen LogP contribution in [0.1, 0.15) is 43.2 Å². The zero-order chi connectivity index (χ0) is 21.7. The van der Waals surface area contributed by atoms with Gasteiger partial charge in [-0.2, -0.15) is 0 Å². The zero-order valence-electron chi connectivity index (χ0n) is 17.5. The fraction of sp³-hybridized carbons (Fsp3) is 0.435. The first-order chi connectivity index (χ1) is 14.3. The van der Waals surface area contributed by atoms with E-state index in [4.69, 9.17) is 40.2 Å². The molecule has 0 atom stereocenters. The van der Waals surface area contributed by atoms with Gasteiger partial charge in [-0.15, -0.1) is 0 Å². The number of hydrogen-bond donors (Lipinski definition) is 0. The first-order valence-electron chi connectivity index (χ1n) is 10.4. The summed E-state index contributed by atoms with van der Waals surface area (Å²) < 4.78 is 2.08. The zero-order valence-corrected chi connectivity index (χ0v) is 24.0. The molecule has 2 aromatic carbocycles. The molecule has 2 aliphatic rings. The number of halogens is 4. The normalized spacial score (nSPS) is 16.7. The molecule has 2 nitrogen and oxygen atoms in total. The Bertz CT molecular complexity index is 861. The summed E-state index contributed by atoms with van der Waals surface area (Å²) in [6, 6.07) is 11.4. The minimum absolute atomic E-state index is 0.699. The van der Waals surface area contributed by atoms with Crippen molar-refractivity contribution >= 4 is 70.5 Å². The predicted molar refractivity (Wildman–Crippen MR) is 136 cm³/mol. The fourth-order valence-electron chi connectivity index (χ4n) is 3.94. The molecule has 7 heteroatoms. The van der Waals surface area contributed by atoms with E-state index in [2.05, 4.69) is 9.89 Å². The van der Waals surface area contributed by atoms with Gasteiger partial charge in [0.15, 0.2) is 0 Å². The number of fused-ring (bicyclic) bond motifs is 1. The number of aryl methyl sites for hydroxylation is 2. The molecule has 2 aromatic rings. The van der Waals surface area contributed by atoms with E-state index in [1.807, 2.05) is 50.2 Å². The molecule has 2 aliphatic heterocycles. The molecule has 0 unspecified atom stereocenters. The van der Waals surface area contributed by atoms with Gasteiger partial charge in [0.25, 0.3) is 0 Å². The number of hydrogen-bond acceptors (Lipinski definition) is 2. The Balaban J connectivity index is 0.000000196. The van der Waals surface area contributed by atoms with Gasteiger partial charge in [0.2, 0.25) is 0 Å². The van der Waals surface area contributed by atoms with Crippen LogP contribution in [0.2, 0.25) is 10.0 Å². The second kappa shape index (κ2) is 11.2. The molecule has 2 heterocycles. The van der Waals surface area contributed by atoms with Crippen molar-refractivity contribution in [1.29, 1.82) is 0 Å². The number of rotatable bonds is 2. The molecule has 0 bridgehead atoms. The van der Waals surface area contributed by atoms with E-state index in [9.17, 15) is 0 Å². The maximum atomic E-state index is 6.80. The molecule has 30 heavy (non-hydrogen) atoms. The summed E-state index contributed by atoms with van der Waals surface area (Å²) in [5.74, 6) is 1.40. The topological polar surface area (TPSA) is 15.6 Å². The predicted octanol–water partition coefficient (Wildman–Crippen LogP) is 6.31. The summed E-state index contributed by atoms with van der Waals surface area (Å²) in [4.78, 5) is 7.04. The number of nitrogens with zero attached hydrogens (tertiary/aromatic N) is 2. The molecule has 0 N–H and O–H groups in total. The second-order valence-corrected chi connectivity index (χ2v) is 26.9. The molecule has 1 saturated heterocycles. The van der Waals surface area contributed by atoms with E-state index in [0.717, 1.165) is 24.2 Å². The third-order valence-electron chi connectivity index (χ3n) is 5.50. The van der Waals surface area contributed by atoms with Gasteiger partial charge in [-0.1, -0.05) is 6.42 Å². The first-order valence-corrected chi connectivity index (χ1v) is 23.2. The summed E-state index contributed by atoms with van der Waals surface area (Å²) in [7, 11) is 13.6. The molecule has 4 rings (SSSR count). The molecule has 0 saturated carbocycles. The standard InChI is InChI=1S/C9H16N2.2C7H6Cl.Bi.2ClH/c1-2-5-9-10-6-4-8-11(9)7-3-1;2*1-6-3-2-4-7(8)5-6;;;/h1-8H2;2*2,4-5H,1H3;;2*1H/q;;;+2;;/p-2. The van der Waals surface area contributed by atoms with Gasteiger partial charge < -0.3 is 4.90 Å². The minimum atomic E-state index is -3.67. The van der Waals surface area contributed by atoms with Crippen molar-refractivity contribution in [2.75, 3.05) is 19.6 Å². The quantitative estimate of drug-likeness (QED) is 0.339. The average molecular weight is 683 g/mol. The second-order valence-electron chi connectivity index (χ2n) is 7.82. The molecule has 0 spiro atoms. The summed E-state index contributed by atoms with van der Waals surface area (Å²) in [5, 5.41) is 1.40. The van der Waals surface area contributed by atoms with Crippen LogP contribution in [0.3, 0.4) is 0 Å². The molecule has 0 aromatic heterocycles. The van der Waals surface area contributed by atoms with E-state index in [0.29, 0.717) is 10.0 Å². The van der Waals surface area contributed by atoms with Crippen molar-refractivity contribution in [3.63, 3.8) is 0 Å². The van der Waals surface area contributed by atoms with Gasteiger partial charge in [-0.25, -0.2) is 0 Å². The van der Waals surface area contributed by atoms with Crippen molar-refractivity contribution in [2.24, 2.45) is 4.99 Å². The molecule has 0 amide bonds. The Labute approximate surface area is 202 Å². The van der Waals surface area contributed by atoms with Gasteiger partial charge in [0.1, 0.15) is 0 Å². The van der Waals surface area contributed by atoms with Crippen molar-refractivity contribution in [2.45, 2.75) is 46.0 Å². The molecule has 1 fully saturated rings. The number of amidine groups is 1. The third-order valence-corrected chi connectivity index (χ3v) is 21.0. The van der Waals surface area contributed by atoms with E-state index in [1.165, 1.54) is 51.0 Å². The van der Waals surface area contributed by atoms with Crippen molar-refractivity contribution in [3.05, 3.63) is 57.6 Å². The van der Waals surface area contributed by atoms with Crippen molar-refractivity contribution in [1.82, 2.24) is 4.90 Å². The van der Waals surface area contributed by atoms with Gasteiger partial charge in [0, 0.05) is 26.1 Å². The summed E-state index contributed by atoms with van der Waals surface area (Å²) in [6.45, 7) is 7.58. The van der Waals surface area contributed by atoms with Gasteiger partial charge in [-0.05, 0) is 19.3 Å². The monoisotopic (exact) mass is 681 g/mol. The number of aliphatic imine (C=N–C) groups is 1. The van der Waals surface area contributed by atoms with Crippen LogP contribution in [0.25, 0.3) is 0 Å². The van der Waals surface area contributed by atoms with Crippen LogP contribution in [0.5, 0.6) is 0 Å². The Morgan fingerprint density at radius 2 is 1.37 bits per heavy atom. The Morgan fingerprint density at radius 1 is 0.800 bits per heavy atom. The average Bonchev–Trinajstić information content (AvgIpc) is 2.93. The van der Waals surface area contributed by atoms with Crippen LogP contribution < -0.4 is 6.54 Å². The SMILES string of the molecule is C1CCC2=NCCCN2CC1.Cc1cc(Cl)cc[c]1[Bi]([Cl])([Cl])[c]1ccc(Cl)cc1C. The van der Waals surface area contributed by atoms with Crippen LogP contribution in [0, 0.1) is 13.8 Å². The summed E-state index contributed by atoms with van der Waals surface area (Å²) in [5.41, 5.74) is 2.09. The molecule has 0 aliphatic carbocycles. The third kappa shape index (κ3) is 6.26. The number of benzene rings is 2. The summed E-state index contributed by atoms with van der Waals surface area (Å²) >= 11 is 8.30. The maximum absolute atomic E-state index is 6.80. The van der Waals surface area contributed by atoms with E-state index >= 15 is 0 Å². The van der Waals surface area contributed by atoms with Crippen LogP contribution in [-0.2, 0) is 0 Å². The van der Waals surface area contributed by atoms with E-state index in [-0.39, 0.29) is 0 Å². The van der Waals surface area contributed by atoms with Crippen LogP contribution >= 0.6 is 40.2 Å². The van der Waals surface area contributed by atoms with E-state index < -0.39 is 17.9 Å². The molecule has 1 radical (unpaired) electrons. The van der Waals surface area contributed by atoms with E-state index in [1.54, 1.807) is 0 Å².